The van der Waals surface area contributed by atoms with Crippen LogP contribution in [0, 0.1) is 5.92 Å². The zero-order valence-electron chi connectivity index (χ0n) is 6.90. The lowest BCUT2D eigenvalue weighted by Gasteiger charge is -2.11. The zero-order chi connectivity index (χ0) is 9.90. The number of allylic oxidation sites excluding steroid dienone is 2. The third kappa shape index (κ3) is 3.48. The van der Waals surface area contributed by atoms with Gasteiger partial charge in [0.2, 0.25) is 5.91 Å². The molecule has 0 saturated heterocycles. The molecule has 1 N–H and O–H groups in total. The number of halogens is 3. The van der Waals surface area contributed by atoms with Gasteiger partial charge < -0.3 is 5.32 Å². The van der Waals surface area contributed by atoms with E-state index in [0.29, 0.717) is 12.8 Å². The van der Waals surface area contributed by atoms with Gasteiger partial charge in [-0.25, -0.2) is 0 Å². The lowest BCUT2D eigenvalue weighted by molar-refractivity contribution is -0.140. The minimum Gasteiger partial charge on any atom is -0.347 e. The predicted octanol–water partition coefficient (Wildman–Crippen LogP) is 1.63. The lowest BCUT2D eigenvalue weighted by Crippen LogP contribution is -2.37. The van der Waals surface area contributed by atoms with Gasteiger partial charge in [0.25, 0.3) is 0 Å². The summed E-state index contributed by atoms with van der Waals surface area (Å²) >= 11 is 0. The van der Waals surface area contributed by atoms with Gasteiger partial charge in [-0.2, -0.15) is 13.2 Å². The first-order valence-electron chi connectivity index (χ1n) is 3.98. The average molecular weight is 193 g/mol. The zero-order valence-corrected chi connectivity index (χ0v) is 6.90. The molecule has 5 heteroatoms. The fourth-order valence-corrected chi connectivity index (χ4v) is 1.16. The summed E-state index contributed by atoms with van der Waals surface area (Å²) in [5.41, 5.74) is 0. The lowest BCUT2D eigenvalue weighted by atomic mass is 10.1. The van der Waals surface area contributed by atoms with E-state index in [-0.39, 0.29) is 5.92 Å². The van der Waals surface area contributed by atoms with Gasteiger partial charge in [-0.05, 0) is 12.8 Å². The quantitative estimate of drug-likeness (QED) is 0.663. The van der Waals surface area contributed by atoms with Crippen LogP contribution in [0.1, 0.15) is 12.8 Å². The molecule has 0 heterocycles. The molecule has 0 unspecified atom stereocenters. The third-order valence-electron chi connectivity index (χ3n) is 1.84. The first kappa shape index (κ1) is 10.1. The van der Waals surface area contributed by atoms with Gasteiger partial charge in [-0.15, -0.1) is 0 Å². The van der Waals surface area contributed by atoms with E-state index in [1.165, 1.54) is 0 Å². The number of carbonyl (C=O) groups excluding carboxylic acids is 1. The number of carbonyl (C=O) groups is 1. The van der Waals surface area contributed by atoms with E-state index < -0.39 is 18.6 Å². The van der Waals surface area contributed by atoms with Gasteiger partial charge in [-0.3, -0.25) is 4.79 Å². The van der Waals surface area contributed by atoms with Gasteiger partial charge in [0.1, 0.15) is 6.54 Å². The molecule has 1 aliphatic rings. The summed E-state index contributed by atoms with van der Waals surface area (Å²) in [4.78, 5) is 11.0. The molecule has 0 fully saturated rings. The van der Waals surface area contributed by atoms with Crippen LogP contribution >= 0.6 is 0 Å². The molecule has 0 radical (unpaired) electrons. The first-order valence-corrected chi connectivity index (χ1v) is 3.98. The van der Waals surface area contributed by atoms with Crippen LogP contribution < -0.4 is 5.32 Å². The Bertz CT molecular complexity index is 214. The highest BCUT2D eigenvalue weighted by Crippen LogP contribution is 2.18. The molecule has 0 bridgehead atoms. The number of amides is 1. The summed E-state index contributed by atoms with van der Waals surface area (Å²) in [7, 11) is 0. The molecule has 1 aliphatic carbocycles. The SMILES string of the molecule is O=C(NCC(F)(F)F)C1CC=CC1. The molecule has 0 aromatic rings. The highest BCUT2D eigenvalue weighted by atomic mass is 19.4. The first-order chi connectivity index (χ1) is 5.99. The monoisotopic (exact) mass is 193 g/mol. The summed E-state index contributed by atoms with van der Waals surface area (Å²) in [6, 6.07) is 0. The summed E-state index contributed by atoms with van der Waals surface area (Å²) < 4.78 is 35.0. The van der Waals surface area contributed by atoms with Crippen molar-refractivity contribution in [2.75, 3.05) is 6.54 Å². The molecular weight excluding hydrogens is 183 g/mol. The Balaban J connectivity index is 2.26. The maximum absolute atomic E-state index is 11.7. The second kappa shape index (κ2) is 3.81. The van der Waals surface area contributed by atoms with Crippen molar-refractivity contribution >= 4 is 5.91 Å². The molecule has 0 spiro atoms. The van der Waals surface area contributed by atoms with Gasteiger partial charge in [0.05, 0.1) is 0 Å². The Morgan fingerprint density at radius 3 is 2.38 bits per heavy atom. The van der Waals surface area contributed by atoms with Crippen molar-refractivity contribution in [3.63, 3.8) is 0 Å². The number of rotatable bonds is 2. The van der Waals surface area contributed by atoms with Gasteiger partial charge in [0.15, 0.2) is 0 Å². The smallest absolute Gasteiger partial charge is 0.347 e. The second-order valence-corrected chi connectivity index (χ2v) is 2.97. The van der Waals surface area contributed by atoms with Gasteiger partial charge >= 0.3 is 6.18 Å². The highest BCUT2D eigenvalue weighted by molar-refractivity contribution is 5.79. The standard InChI is InChI=1S/C8H10F3NO/c9-8(10,11)5-12-7(13)6-3-1-2-4-6/h1-2,6H,3-5H2,(H,12,13). The van der Waals surface area contributed by atoms with Crippen LogP contribution in [0.15, 0.2) is 12.2 Å². The van der Waals surface area contributed by atoms with Crippen LogP contribution in [0.3, 0.4) is 0 Å². The number of hydrogen-bond acceptors (Lipinski definition) is 1. The molecule has 1 amide bonds. The van der Waals surface area contributed by atoms with E-state index in [2.05, 4.69) is 0 Å². The number of alkyl halides is 3. The largest absolute Gasteiger partial charge is 0.405 e. The fourth-order valence-electron chi connectivity index (χ4n) is 1.16. The Hall–Kier alpha value is -1.00. The summed E-state index contributed by atoms with van der Waals surface area (Å²) in [6.45, 7) is -1.23. The molecule has 0 saturated carbocycles. The van der Waals surface area contributed by atoms with Gasteiger partial charge in [0, 0.05) is 5.92 Å². The maximum Gasteiger partial charge on any atom is 0.405 e. The molecule has 13 heavy (non-hydrogen) atoms. The van der Waals surface area contributed by atoms with Crippen LogP contribution in [0.25, 0.3) is 0 Å². The minimum absolute atomic E-state index is 0.303. The van der Waals surface area contributed by atoms with Crippen molar-refractivity contribution in [3.05, 3.63) is 12.2 Å². The molecule has 74 valence electrons. The van der Waals surface area contributed by atoms with E-state index in [1.54, 1.807) is 12.2 Å². The van der Waals surface area contributed by atoms with E-state index in [4.69, 9.17) is 0 Å². The number of nitrogens with one attached hydrogen (secondary N) is 1. The molecule has 0 aromatic carbocycles. The van der Waals surface area contributed by atoms with Crippen LogP contribution in [-0.2, 0) is 4.79 Å². The molecular formula is C8H10F3NO. The van der Waals surface area contributed by atoms with Gasteiger partial charge in [-0.1, -0.05) is 12.2 Å². The van der Waals surface area contributed by atoms with Crippen molar-refractivity contribution in [1.29, 1.82) is 0 Å². The van der Waals surface area contributed by atoms with Crippen molar-refractivity contribution in [3.8, 4) is 0 Å². The molecule has 1 rings (SSSR count). The fraction of sp³-hybridized carbons (Fsp3) is 0.625. The van der Waals surface area contributed by atoms with Crippen LogP contribution in [0.2, 0.25) is 0 Å². The summed E-state index contributed by atoms with van der Waals surface area (Å²) in [5.74, 6) is -0.815. The normalized spacial score (nSPS) is 17.8. The maximum atomic E-state index is 11.7. The van der Waals surface area contributed by atoms with Crippen LogP contribution in [0.4, 0.5) is 13.2 Å². The predicted molar refractivity (Wildman–Crippen MR) is 40.9 cm³/mol. The topological polar surface area (TPSA) is 29.1 Å². The van der Waals surface area contributed by atoms with E-state index >= 15 is 0 Å². The average Bonchev–Trinajstić information content (AvgIpc) is 2.50. The Kier molecular flexibility index (Phi) is 2.95. The molecule has 0 aromatic heterocycles. The Morgan fingerprint density at radius 1 is 1.38 bits per heavy atom. The third-order valence-corrected chi connectivity index (χ3v) is 1.84. The van der Waals surface area contributed by atoms with Crippen molar-refractivity contribution in [1.82, 2.24) is 5.32 Å². The van der Waals surface area contributed by atoms with Crippen LogP contribution in [0.5, 0.6) is 0 Å². The van der Waals surface area contributed by atoms with Crippen LogP contribution in [-0.4, -0.2) is 18.6 Å². The molecule has 0 aliphatic heterocycles. The van der Waals surface area contributed by atoms with E-state index in [0.717, 1.165) is 0 Å². The van der Waals surface area contributed by atoms with Crippen molar-refractivity contribution < 1.29 is 18.0 Å². The minimum atomic E-state index is -4.32. The summed E-state index contributed by atoms with van der Waals surface area (Å²) in [6.07, 6.45) is 0.380. The Morgan fingerprint density at radius 2 is 1.92 bits per heavy atom. The van der Waals surface area contributed by atoms with E-state index in [9.17, 15) is 18.0 Å². The van der Waals surface area contributed by atoms with Crippen molar-refractivity contribution in [2.45, 2.75) is 19.0 Å². The summed E-state index contributed by atoms with van der Waals surface area (Å²) in [5, 5.41) is 1.86. The molecule has 2 nitrogen and oxygen atoms in total. The van der Waals surface area contributed by atoms with E-state index in [1.807, 2.05) is 5.32 Å². The number of hydrogen-bond donors (Lipinski definition) is 1. The van der Waals surface area contributed by atoms with Crippen molar-refractivity contribution in [2.24, 2.45) is 5.92 Å². The second-order valence-electron chi connectivity index (χ2n) is 2.97. The highest BCUT2D eigenvalue weighted by Gasteiger charge is 2.29. The molecule has 0 atom stereocenters. The Labute approximate surface area is 73.8 Å².